The summed E-state index contributed by atoms with van der Waals surface area (Å²) in [4.78, 5) is 7.86. The van der Waals surface area contributed by atoms with Crippen LogP contribution in [0.2, 0.25) is 0 Å². The molecule has 2 aliphatic heterocycles. The summed E-state index contributed by atoms with van der Waals surface area (Å²) in [5, 5.41) is 9.64. The summed E-state index contributed by atoms with van der Waals surface area (Å²) in [6.07, 6.45) is 3.40. The number of hydrogen-bond acceptors (Lipinski definition) is 5. The first kappa shape index (κ1) is 21.6. The van der Waals surface area contributed by atoms with Crippen LogP contribution in [0.4, 0.5) is 0 Å². The Bertz CT molecular complexity index is 570. The van der Waals surface area contributed by atoms with Crippen LogP contribution in [-0.4, -0.2) is 83.9 Å². The fourth-order valence-corrected chi connectivity index (χ4v) is 4.81. The lowest BCUT2D eigenvalue weighted by Gasteiger charge is -2.48. The quantitative estimate of drug-likeness (QED) is 0.740. The Hall–Kier alpha value is -1.14. The van der Waals surface area contributed by atoms with Gasteiger partial charge in [-0.2, -0.15) is 0 Å². The van der Waals surface area contributed by atoms with E-state index in [1.165, 1.54) is 31.5 Å². The molecule has 0 saturated carbocycles. The molecule has 1 aromatic carbocycles. The van der Waals surface area contributed by atoms with E-state index >= 15 is 0 Å². The summed E-state index contributed by atoms with van der Waals surface area (Å²) in [6, 6.07) is 10.3. The van der Waals surface area contributed by atoms with Crippen molar-refractivity contribution in [2.45, 2.75) is 64.7 Å². The molecule has 5 heteroatoms. The Balaban J connectivity index is 1.55. The highest BCUT2D eigenvalue weighted by atomic mass is 16.5. The normalized spacial score (nSPS) is 23.4. The van der Waals surface area contributed by atoms with E-state index in [4.69, 9.17) is 4.74 Å². The van der Waals surface area contributed by atoms with Gasteiger partial charge >= 0.3 is 0 Å². The molecule has 0 spiro atoms. The van der Waals surface area contributed by atoms with Crippen LogP contribution in [0.1, 0.15) is 45.6 Å². The van der Waals surface area contributed by atoms with Gasteiger partial charge in [0.15, 0.2) is 0 Å². The minimum absolute atomic E-state index is 0.281. The van der Waals surface area contributed by atoms with Crippen molar-refractivity contribution in [3.8, 4) is 5.75 Å². The van der Waals surface area contributed by atoms with Crippen molar-refractivity contribution in [1.29, 1.82) is 0 Å². The average Bonchev–Trinajstić information content (AvgIpc) is 2.70. The minimum atomic E-state index is 0.281. The number of rotatable bonds is 8. The number of hydrogen-bond donors (Lipinski definition) is 1. The van der Waals surface area contributed by atoms with E-state index in [-0.39, 0.29) is 6.61 Å². The van der Waals surface area contributed by atoms with Gasteiger partial charge < -0.3 is 14.7 Å². The molecule has 2 saturated heterocycles. The van der Waals surface area contributed by atoms with E-state index in [2.05, 4.69) is 52.8 Å². The zero-order chi connectivity index (χ0) is 19.9. The Morgan fingerprint density at radius 2 is 1.79 bits per heavy atom. The van der Waals surface area contributed by atoms with Gasteiger partial charge in [0.2, 0.25) is 0 Å². The van der Waals surface area contributed by atoms with E-state index in [0.717, 1.165) is 38.3 Å². The Kier molecular flexibility index (Phi) is 8.15. The number of piperidine rings is 1. The molecule has 1 aromatic rings. The lowest BCUT2D eigenvalue weighted by atomic mass is 9.97. The molecule has 0 amide bonds. The van der Waals surface area contributed by atoms with E-state index in [0.29, 0.717) is 24.7 Å². The zero-order valence-electron chi connectivity index (χ0n) is 18.0. The molecule has 0 bridgehead atoms. The summed E-state index contributed by atoms with van der Waals surface area (Å²) in [5.41, 5.74) is 1.34. The second-order valence-electron chi connectivity index (χ2n) is 8.58. The minimum Gasteiger partial charge on any atom is -0.494 e. The first-order valence-electron chi connectivity index (χ1n) is 11.2. The molecule has 2 fully saturated rings. The fourth-order valence-electron chi connectivity index (χ4n) is 4.81. The number of aliphatic hydroxyl groups excluding tert-OH is 1. The molecule has 0 aliphatic carbocycles. The second kappa shape index (κ2) is 10.6. The van der Waals surface area contributed by atoms with Crippen molar-refractivity contribution in [3.05, 3.63) is 29.8 Å². The fraction of sp³-hybridized carbons (Fsp3) is 0.739. The molecule has 2 aliphatic rings. The molecule has 0 unspecified atom stereocenters. The van der Waals surface area contributed by atoms with Gasteiger partial charge in [0, 0.05) is 50.9 Å². The predicted molar refractivity (Wildman–Crippen MR) is 115 cm³/mol. The molecule has 2 heterocycles. The smallest absolute Gasteiger partial charge is 0.119 e. The molecule has 1 atom stereocenters. The topological polar surface area (TPSA) is 39.2 Å². The average molecular weight is 390 g/mol. The van der Waals surface area contributed by atoms with Gasteiger partial charge in [-0.25, -0.2) is 0 Å². The Morgan fingerprint density at radius 3 is 2.39 bits per heavy atom. The third-order valence-corrected chi connectivity index (χ3v) is 6.41. The molecule has 28 heavy (non-hydrogen) atoms. The second-order valence-corrected chi connectivity index (χ2v) is 8.58. The standard InChI is InChI=1S/C23H39N3O2/c1-4-28-23-7-5-20(6-8-23)17-24-14-15-26(22(18-24)11-16-27)21-9-12-25(13-10-21)19(2)3/h5-8,19,21-22,27H,4,9-18H2,1-3H3/t22-/m1/s1. The highest BCUT2D eigenvalue weighted by Crippen LogP contribution is 2.25. The summed E-state index contributed by atoms with van der Waals surface area (Å²) >= 11 is 0. The van der Waals surface area contributed by atoms with Crippen LogP contribution in [0.25, 0.3) is 0 Å². The van der Waals surface area contributed by atoms with Gasteiger partial charge in [-0.1, -0.05) is 12.1 Å². The van der Waals surface area contributed by atoms with Crippen LogP contribution >= 0.6 is 0 Å². The van der Waals surface area contributed by atoms with E-state index in [9.17, 15) is 5.11 Å². The number of ether oxygens (including phenoxy) is 1. The van der Waals surface area contributed by atoms with E-state index in [1.54, 1.807) is 0 Å². The lowest BCUT2D eigenvalue weighted by Crippen LogP contribution is -2.58. The maximum atomic E-state index is 9.64. The first-order valence-corrected chi connectivity index (χ1v) is 11.2. The molecule has 158 valence electrons. The van der Waals surface area contributed by atoms with Gasteiger partial charge in [-0.3, -0.25) is 9.80 Å². The number of benzene rings is 1. The highest BCUT2D eigenvalue weighted by molar-refractivity contribution is 5.27. The molecule has 0 aromatic heterocycles. The van der Waals surface area contributed by atoms with Gasteiger partial charge in [-0.05, 0) is 70.8 Å². The van der Waals surface area contributed by atoms with Crippen molar-refractivity contribution >= 4 is 0 Å². The molecular weight excluding hydrogens is 350 g/mol. The maximum Gasteiger partial charge on any atom is 0.119 e. The number of nitrogens with zero attached hydrogens (tertiary/aromatic N) is 3. The van der Waals surface area contributed by atoms with Crippen molar-refractivity contribution in [1.82, 2.24) is 14.7 Å². The number of likely N-dealkylation sites (tertiary alicyclic amines) is 1. The number of piperazine rings is 1. The monoisotopic (exact) mass is 389 g/mol. The zero-order valence-corrected chi connectivity index (χ0v) is 18.0. The SMILES string of the molecule is CCOc1ccc(CN2CCN(C3CCN(C(C)C)CC3)[C@H](CCO)C2)cc1. The van der Waals surface area contributed by atoms with E-state index in [1.807, 2.05) is 6.92 Å². The Morgan fingerprint density at radius 1 is 1.07 bits per heavy atom. The first-order chi connectivity index (χ1) is 13.6. The largest absolute Gasteiger partial charge is 0.494 e. The van der Waals surface area contributed by atoms with Crippen molar-refractivity contribution in [2.75, 3.05) is 45.9 Å². The molecular formula is C23H39N3O2. The summed E-state index contributed by atoms with van der Waals surface area (Å²) in [6.45, 7) is 14.3. The predicted octanol–water partition coefficient (Wildman–Crippen LogP) is 2.83. The summed E-state index contributed by atoms with van der Waals surface area (Å²) in [5.74, 6) is 0.946. The van der Waals surface area contributed by atoms with Crippen LogP contribution in [0.3, 0.4) is 0 Å². The van der Waals surface area contributed by atoms with Crippen molar-refractivity contribution < 1.29 is 9.84 Å². The third kappa shape index (κ3) is 5.69. The highest BCUT2D eigenvalue weighted by Gasteiger charge is 2.33. The van der Waals surface area contributed by atoms with Gasteiger partial charge in [0.05, 0.1) is 6.61 Å². The molecule has 3 rings (SSSR count). The molecule has 0 radical (unpaired) electrons. The van der Waals surface area contributed by atoms with Crippen LogP contribution in [0.5, 0.6) is 5.75 Å². The number of aliphatic hydroxyl groups is 1. The Labute approximate surface area is 171 Å². The van der Waals surface area contributed by atoms with Crippen LogP contribution in [-0.2, 0) is 6.54 Å². The molecule has 1 N–H and O–H groups in total. The van der Waals surface area contributed by atoms with Gasteiger partial charge in [-0.15, -0.1) is 0 Å². The van der Waals surface area contributed by atoms with Crippen molar-refractivity contribution in [3.63, 3.8) is 0 Å². The van der Waals surface area contributed by atoms with Crippen LogP contribution < -0.4 is 4.74 Å². The van der Waals surface area contributed by atoms with Gasteiger partial charge in [0.25, 0.3) is 0 Å². The third-order valence-electron chi connectivity index (χ3n) is 6.41. The lowest BCUT2D eigenvalue weighted by molar-refractivity contribution is -0.0000334. The summed E-state index contributed by atoms with van der Waals surface area (Å²) < 4.78 is 5.55. The maximum absolute atomic E-state index is 9.64. The van der Waals surface area contributed by atoms with Crippen LogP contribution in [0.15, 0.2) is 24.3 Å². The van der Waals surface area contributed by atoms with Crippen molar-refractivity contribution in [2.24, 2.45) is 0 Å². The summed E-state index contributed by atoms with van der Waals surface area (Å²) in [7, 11) is 0. The van der Waals surface area contributed by atoms with Gasteiger partial charge in [0.1, 0.15) is 5.75 Å². The molecule has 5 nitrogen and oxygen atoms in total. The van der Waals surface area contributed by atoms with Crippen LogP contribution in [0, 0.1) is 0 Å². The van der Waals surface area contributed by atoms with E-state index < -0.39 is 0 Å².